The number of aromatic nitrogens is 2. The fraction of sp³-hybridized carbons (Fsp3) is 0.368. The molecule has 8 heteroatoms. The van der Waals surface area contributed by atoms with Crippen LogP contribution in [0.4, 0.5) is 4.39 Å². The molecule has 0 radical (unpaired) electrons. The lowest BCUT2D eigenvalue weighted by atomic mass is 9.94. The third-order valence-electron chi connectivity index (χ3n) is 5.42. The predicted octanol–water partition coefficient (Wildman–Crippen LogP) is 1.60. The molecule has 3 unspecified atom stereocenters. The number of benzene rings is 1. The number of hydrogen-bond acceptors (Lipinski definition) is 4. The van der Waals surface area contributed by atoms with Crippen molar-refractivity contribution in [2.24, 2.45) is 17.8 Å². The van der Waals surface area contributed by atoms with Gasteiger partial charge in [0.1, 0.15) is 11.9 Å². The van der Waals surface area contributed by atoms with Crippen molar-refractivity contribution >= 4 is 11.9 Å². The second kappa shape index (κ2) is 6.61. The maximum absolute atomic E-state index is 13.1. The van der Waals surface area contributed by atoms with E-state index in [1.165, 1.54) is 41.2 Å². The molecule has 27 heavy (non-hydrogen) atoms. The predicted molar refractivity (Wildman–Crippen MR) is 93.0 cm³/mol. The number of hydrogen-bond donors (Lipinski definition) is 2. The molecule has 0 bridgehead atoms. The maximum atomic E-state index is 13.1. The Labute approximate surface area is 153 Å². The number of carbonyl (C=O) groups is 2. The van der Waals surface area contributed by atoms with E-state index in [0.717, 1.165) is 19.3 Å². The van der Waals surface area contributed by atoms with Crippen LogP contribution in [-0.4, -0.2) is 32.8 Å². The molecule has 1 aromatic carbocycles. The minimum atomic E-state index is -1.11. The highest BCUT2D eigenvalue weighted by molar-refractivity contribution is 5.94. The van der Waals surface area contributed by atoms with Gasteiger partial charge < -0.3 is 10.4 Å². The second-order valence-corrected chi connectivity index (χ2v) is 7.23. The molecule has 2 aliphatic carbocycles. The van der Waals surface area contributed by atoms with Gasteiger partial charge in [-0.05, 0) is 61.3 Å². The van der Waals surface area contributed by atoms with Gasteiger partial charge in [0, 0.05) is 12.3 Å². The van der Waals surface area contributed by atoms with Crippen LogP contribution in [0.25, 0.3) is 5.69 Å². The Morgan fingerprint density at radius 3 is 2.44 bits per heavy atom. The lowest BCUT2D eigenvalue weighted by Crippen LogP contribution is -2.47. The molecule has 1 heterocycles. The molecule has 0 aliphatic heterocycles. The molecule has 2 saturated carbocycles. The highest BCUT2D eigenvalue weighted by atomic mass is 19.1. The van der Waals surface area contributed by atoms with Crippen LogP contribution in [0.1, 0.15) is 29.8 Å². The molecule has 2 aliphatic rings. The summed E-state index contributed by atoms with van der Waals surface area (Å²) in [5, 5.41) is 16.0. The SMILES string of the molecule is O=C(NC(C(=O)O)C1CC2CC2C1)c1nn(-c2ccc(F)cc2)ccc1=O. The Bertz CT molecular complexity index is 946. The van der Waals surface area contributed by atoms with Crippen molar-refractivity contribution in [1.29, 1.82) is 0 Å². The molecule has 1 aromatic heterocycles. The Kier molecular flexibility index (Phi) is 4.25. The summed E-state index contributed by atoms with van der Waals surface area (Å²) >= 11 is 0. The molecule has 2 N–H and O–H groups in total. The zero-order valence-electron chi connectivity index (χ0n) is 14.3. The molecule has 2 fully saturated rings. The fourth-order valence-corrected chi connectivity index (χ4v) is 3.93. The average molecular weight is 371 g/mol. The number of carbonyl (C=O) groups excluding carboxylic acids is 1. The van der Waals surface area contributed by atoms with Gasteiger partial charge >= 0.3 is 5.97 Å². The first kappa shape index (κ1) is 17.4. The summed E-state index contributed by atoms with van der Waals surface area (Å²) in [6, 6.07) is 5.53. The Morgan fingerprint density at radius 2 is 1.81 bits per heavy atom. The summed E-state index contributed by atoms with van der Waals surface area (Å²) in [5.41, 5.74) is -0.531. The van der Waals surface area contributed by atoms with Gasteiger partial charge in [0.15, 0.2) is 5.69 Å². The fourth-order valence-electron chi connectivity index (χ4n) is 3.93. The molecular formula is C19H18FN3O4. The molecule has 2 aromatic rings. The Morgan fingerprint density at radius 1 is 1.15 bits per heavy atom. The molecule has 140 valence electrons. The first-order valence-corrected chi connectivity index (χ1v) is 8.82. The summed E-state index contributed by atoms with van der Waals surface area (Å²) < 4.78 is 14.3. The normalized spacial score (nSPS) is 24.1. The smallest absolute Gasteiger partial charge is 0.326 e. The number of amides is 1. The largest absolute Gasteiger partial charge is 0.480 e. The molecular weight excluding hydrogens is 353 g/mol. The lowest BCUT2D eigenvalue weighted by Gasteiger charge is -2.21. The molecule has 0 spiro atoms. The van der Waals surface area contributed by atoms with Crippen LogP contribution in [-0.2, 0) is 4.79 Å². The zero-order valence-corrected chi connectivity index (χ0v) is 14.3. The average Bonchev–Trinajstić information content (AvgIpc) is 3.26. The number of aliphatic carboxylic acids is 1. The van der Waals surface area contributed by atoms with Gasteiger partial charge in [-0.15, -0.1) is 0 Å². The van der Waals surface area contributed by atoms with E-state index in [9.17, 15) is 23.9 Å². The van der Waals surface area contributed by atoms with Crippen LogP contribution in [0.5, 0.6) is 0 Å². The van der Waals surface area contributed by atoms with Crippen LogP contribution in [0.15, 0.2) is 41.3 Å². The molecule has 7 nitrogen and oxygen atoms in total. The van der Waals surface area contributed by atoms with E-state index in [-0.39, 0.29) is 5.92 Å². The van der Waals surface area contributed by atoms with Gasteiger partial charge in [-0.25, -0.2) is 13.9 Å². The van der Waals surface area contributed by atoms with Crippen molar-refractivity contribution < 1.29 is 19.1 Å². The lowest BCUT2D eigenvalue weighted by molar-refractivity contribution is -0.140. The summed E-state index contributed by atoms with van der Waals surface area (Å²) in [4.78, 5) is 36.3. The van der Waals surface area contributed by atoms with Gasteiger partial charge in [0.25, 0.3) is 5.91 Å². The highest BCUT2D eigenvalue weighted by Gasteiger charge is 2.49. The van der Waals surface area contributed by atoms with Crippen LogP contribution >= 0.6 is 0 Å². The number of rotatable bonds is 5. The van der Waals surface area contributed by atoms with Crippen molar-refractivity contribution in [2.45, 2.75) is 25.3 Å². The molecule has 4 rings (SSSR count). The Hall–Kier alpha value is -3.03. The summed E-state index contributed by atoms with van der Waals surface area (Å²) in [7, 11) is 0. The number of carboxylic acids is 1. The van der Waals surface area contributed by atoms with Gasteiger partial charge in [0.05, 0.1) is 5.69 Å². The summed E-state index contributed by atoms with van der Waals surface area (Å²) in [6.45, 7) is 0. The standard InChI is InChI=1S/C19H18FN3O4/c20-13-1-3-14(4-2-13)23-6-5-15(24)17(22-23)18(25)21-16(19(26)27)12-8-10-7-11(10)9-12/h1-6,10-12,16H,7-9H2,(H,21,25)(H,26,27). The topological polar surface area (TPSA) is 101 Å². The second-order valence-electron chi connectivity index (χ2n) is 7.23. The molecule has 0 saturated heterocycles. The van der Waals surface area contributed by atoms with Crippen LogP contribution in [0, 0.1) is 23.6 Å². The van der Waals surface area contributed by atoms with Gasteiger partial charge in [-0.1, -0.05) is 0 Å². The third-order valence-corrected chi connectivity index (χ3v) is 5.42. The van der Waals surface area contributed by atoms with Crippen LogP contribution in [0.2, 0.25) is 0 Å². The van der Waals surface area contributed by atoms with E-state index in [1.54, 1.807) is 0 Å². The number of nitrogens with one attached hydrogen (secondary N) is 1. The van der Waals surface area contributed by atoms with Gasteiger partial charge in [0.2, 0.25) is 5.43 Å². The van der Waals surface area contributed by atoms with E-state index >= 15 is 0 Å². The number of carboxylic acid groups (broad SMARTS) is 1. The van der Waals surface area contributed by atoms with E-state index in [2.05, 4.69) is 10.4 Å². The number of fused-ring (bicyclic) bond motifs is 1. The summed E-state index contributed by atoms with van der Waals surface area (Å²) in [5.74, 6) is -1.33. The van der Waals surface area contributed by atoms with Gasteiger partial charge in [-0.3, -0.25) is 9.59 Å². The molecule has 3 atom stereocenters. The first-order chi connectivity index (χ1) is 12.9. The number of nitrogens with zero attached hydrogens (tertiary/aromatic N) is 2. The van der Waals surface area contributed by atoms with Crippen LogP contribution < -0.4 is 10.7 Å². The molecule has 1 amide bonds. The Balaban J connectivity index is 1.57. The van der Waals surface area contributed by atoms with Crippen molar-refractivity contribution in [3.8, 4) is 5.69 Å². The number of halogens is 1. The highest BCUT2D eigenvalue weighted by Crippen LogP contribution is 2.55. The van der Waals surface area contributed by atoms with E-state index in [0.29, 0.717) is 17.5 Å². The maximum Gasteiger partial charge on any atom is 0.326 e. The van der Waals surface area contributed by atoms with Crippen molar-refractivity contribution in [2.75, 3.05) is 0 Å². The minimum absolute atomic E-state index is 0.127. The van der Waals surface area contributed by atoms with E-state index in [1.807, 2.05) is 0 Å². The van der Waals surface area contributed by atoms with Crippen molar-refractivity contribution in [1.82, 2.24) is 15.1 Å². The van der Waals surface area contributed by atoms with Gasteiger partial charge in [-0.2, -0.15) is 5.10 Å². The first-order valence-electron chi connectivity index (χ1n) is 8.82. The summed E-state index contributed by atoms with van der Waals surface area (Å²) in [6.07, 6.45) is 4.07. The van der Waals surface area contributed by atoms with Crippen molar-refractivity contribution in [3.05, 3.63) is 58.3 Å². The van der Waals surface area contributed by atoms with E-state index < -0.39 is 34.9 Å². The van der Waals surface area contributed by atoms with Crippen molar-refractivity contribution in [3.63, 3.8) is 0 Å². The zero-order chi connectivity index (χ0) is 19.1. The minimum Gasteiger partial charge on any atom is -0.480 e. The third kappa shape index (κ3) is 3.47. The van der Waals surface area contributed by atoms with E-state index in [4.69, 9.17) is 0 Å². The van der Waals surface area contributed by atoms with Crippen LogP contribution in [0.3, 0.4) is 0 Å². The quantitative estimate of drug-likeness (QED) is 0.831. The monoisotopic (exact) mass is 371 g/mol.